The van der Waals surface area contributed by atoms with E-state index >= 15 is 0 Å². The van der Waals surface area contributed by atoms with E-state index in [0.29, 0.717) is 28.5 Å². The van der Waals surface area contributed by atoms with Crippen LogP contribution in [0.25, 0.3) is 0 Å². The molecule has 37 heavy (non-hydrogen) atoms. The molecule has 2 amide bonds. The normalized spacial score (nSPS) is 12.4. The van der Waals surface area contributed by atoms with Crippen molar-refractivity contribution in [3.05, 3.63) is 53.1 Å². The molecule has 2 aromatic rings. The van der Waals surface area contributed by atoms with E-state index in [1.165, 1.54) is 31.3 Å². The van der Waals surface area contributed by atoms with Gasteiger partial charge in [-0.25, -0.2) is 8.42 Å². The molecule has 9 nitrogen and oxygen atoms in total. The zero-order valence-electron chi connectivity index (χ0n) is 22.4. The Balaban J connectivity index is 2.52. The summed E-state index contributed by atoms with van der Waals surface area (Å²) < 4.78 is 37.1. The topological polar surface area (TPSA) is 105 Å². The summed E-state index contributed by atoms with van der Waals surface area (Å²) in [7, 11) is -0.990. The average Bonchev–Trinajstić information content (AvgIpc) is 2.81. The highest BCUT2D eigenvalue weighted by Gasteiger charge is 2.33. The van der Waals surface area contributed by atoms with E-state index in [1.807, 2.05) is 20.8 Å². The third-order valence-corrected chi connectivity index (χ3v) is 7.03. The molecule has 11 heteroatoms. The first-order chi connectivity index (χ1) is 17.2. The average molecular weight is 554 g/mol. The van der Waals surface area contributed by atoms with Crippen molar-refractivity contribution in [2.75, 3.05) is 31.3 Å². The number of hydrogen-bond acceptors (Lipinski definition) is 6. The van der Waals surface area contributed by atoms with Crippen molar-refractivity contribution in [2.24, 2.45) is 0 Å². The number of amides is 2. The molecule has 0 aliphatic heterocycles. The Morgan fingerprint density at radius 3 is 2.19 bits per heavy atom. The van der Waals surface area contributed by atoms with Gasteiger partial charge in [-0.3, -0.25) is 13.9 Å². The SMILES string of the molecule is CC[C@H](C(=O)NC(C)(C)C)N(Cc1ccccc1Cl)C(=O)CN(c1ccc(OC)c(OC)c1)S(C)(=O)=O. The van der Waals surface area contributed by atoms with Gasteiger partial charge in [0.2, 0.25) is 21.8 Å². The molecule has 0 fully saturated rings. The number of rotatable bonds is 11. The lowest BCUT2D eigenvalue weighted by atomic mass is 10.1. The number of benzene rings is 2. The van der Waals surface area contributed by atoms with Gasteiger partial charge in [0.05, 0.1) is 26.2 Å². The molecule has 0 saturated heterocycles. The molecule has 2 aromatic carbocycles. The first-order valence-electron chi connectivity index (χ1n) is 11.8. The molecule has 204 valence electrons. The number of anilines is 1. The van der Waals surface area contributed by atoms with Crippen molar-refractivity contribution in [1.82, 2.24) is 10.2 Å². The number of carbonyl (C=O) groups is 2. The summed E-state index contributed by atoms with van der Waals surface area (Å²) in [5.74, 6) is -0.176. The van der Waals surface area contributed by atoms with Crippen molar-refractivity contribution in [2.45, 2.75) is 52.2 Å². The summed E-state index contributed by atoms with van der Waals surface area (Å²) in [6.07, 6.45) is 1.33. The van der Waals surface area contributed by atoms with Crippen molar-refractivity contribution >= 4 is 39.1 Å². The molecule has 0 unspecified atom stereocenters. The molecule has 0 saturated carbocycles. The van der Waals surface area contributed by atoms with Gasteiger partial charge in [-0.2, -0.15) is 0 Å². The zero-order valence-corrected chi connectivity index (χ0v) is 23.9. The van der Waals surface area contributed by atoms with Gasteiger partial charge in [-0.1, -0.05) is 36.7 Å². The van der Waals surface area contributed by atoms with Crippen molar-refractivity contribution in [3.8, 4) is 11.5 Å². The van der Waals surface area contributed by atoms with Crippen LogP contribution in [0.3, 0.4) is 0 Å². The highest BCUT2D eigenvalue weighted by atomic mass is 35.5. The molecule has 1 atom stereocenters. The Bertz CT molecular complexity index is 1210. The summed E-state index contributed by atoms with van der Waals surface area (Å²) in [5.41, 5.74) is 0.331. The minimum atomic E-state index is -3.89. The monoisotopic (exact) mass is 553 g/mol. The Morgan fingerprint density at radius 1 is 1.05 bits per heavy atom. The van der Waals surface area contributed by atoms with Crippen LogP contribution in [-0.4, -0.2) is 63.7 Å². The Kier molecular flexibility index (Phi) is 10.2. The maximum atomic E-state index is 13.8. The van der Waals surface area contributed by atoms with Crippen LogP contribution in [-0.2, 0) is 26.2 Å². The van der Waals surface area contributed by atoms with Crippen LogP contribution in [0.2, 0.25) is 5.02 Å². The maximum absolute atomic E-state index is 13.8. The van der Waals surface area contributed by atoms with Crippen LogP contribution >= 0.6 is 11.6 Å². The molecule has 0 aliphatic rings. The molecular formula is C26H36ClN3O6S. The summed E-state index contributed by atoms with van der Waals surface area (Å²) in [5, 5.41) is 3.36. The Hall–Kier alpha value is -2.98. The fourth-order valence-corrected chi connectivity index (χ4v) is 4.81. The van der Waals surface area contributed by atoms with E-state index in [0.717, 1.165) is 10.6 Å². The number of nitrogens with zero attached hydrogens (tertiary/aromatic N) is 2. The van der Waals surface area contributed by atoms with Gasteiger partial charge in [0, 0.05) is 23.2 Å². The minimum Gasteiger partial charge on any atom is -0.493 e. The first kappa shape index (κ1) is 30.2. The highest BCUT2D eigenvalue weighted by molar-refractivity contribution is 7.92. The van der Waals surface area contributed by atoms with E-state index in [1.54, 1.807) is 37.3 Å². The number of ether oxygens (including phenoxy) is 2. The minimum absolute atomic E-state index is 0.0259. The number of nitrogens with one attached hydrogen (secondary N) is 1. The van der Waals surface area contributed by atoms with E-state index < -0.39 is 34.1 Å². The highest BCUT2D eigenvalue weighted by Crippen LogP contribution is 2.32. The molecule has 1 N–H and O–H groups in total. The van der Waals surface area contributed by atoms with E-state index in [2.05, 4.69) is 5.32 Å². The maximum Gasteiger partial charge on any atom is 0.244 e. The molecule has 2 rings (SSSR count). The number of hydrogen-bond donors (Lipinski definition) is 1. The predicted octanol–water partition coefficient (Wildman–Crippen LogP) is 3.85. The van der Waals surface area contributed by atoms with Gasteiger partial charge in [-0.05, 0) is 51.0 Å². The van der Waals surface area contributed by atoms with E-state index in [-0.39, 0.29) is 18.1 Å². The molecular weight excluding hydrogens is 518 g/mol. The largest absolute Gasteiger partial charge is 0.493 e. The summed E-state index contributed by atoms with van der Waals surface area (Å²) in [6, 6.07) is 10.7. The molecule has 0 bridgehead atoms. The van der Waals surface area contributed by atoms with Gasteiger partial charge < -0.3 is 19.7 Å². The molecule has 0 aliphatic carbocycles. The smallest absolute Gasteiger partial charge is 0.244 e. The van der Waals surface area contributed by atoms with Crippen LogP contribution in [0.5, 0.6) is 11.5 Å². The van der Waals surface area contributed by atoms with Crippen LogP contribution in [0, 0.1) is 0 Å². The third-order valence-electron chi connectivity index (χ3n) is 5.52. The van der Waals surface area contributed by atoms with Crippen LogP contribution in [0.4, 0.5) is 5.69 Å². The van der Waals surface area contributed by atoms with Crippen LogP contribution in [0.1, 0.15) is 39.7 Å². The standard InChI is InChI=1S/C26H36ClN3O6S/c1-8-21(25(32)28-26(2,3)4)29(16-18-11-9-10-12-20(18)27)24(31)17-30(37(7,33)34)19-13-14-22(35-5)23(15-19)36-6/h9-15,21H,8,16-17H2,1-7H3,(H,28,32)/t21-/m1/s1. The molecule has 0 spiro atoms. The van der Waals surface area contributed by atoms with Gasteiger partial charge in [0.25, 0.3) is 0 Å². The van der Waals surface area contributed by atoms with Gasteiger partial charge in [0.1, 0.15) is 12.6 Å². The third kappa shape index (κ3) is 8.26. The van der Waals surface area contributed by atoms with E-state index in [9.17, 15) is 18.0 Å². The van der Waals surface area contributed by atoms with Crippen molar-refractivity contribution in [1.29, 1.82) is 0 Å². The number of sulfonamides is 1. The van der Waals surface area contributed by atoms with Gasteiger partial charge in [0.15, 0.2) is 11.5 Å². The molecule has 0 aromatic heterocycles. The fourth-order valence-electron chi connectivity index (χ4n) is 3.78. The summed E-state index contributed by atoms with van der Waals surface area (Å²) in [4.78, 5) is 28.4. The second kappa shape index (κ2) is 12.5. The number of carbonyl (C=O) groups excluding carboxylic acids is 2. The second-order valence-electron chi connectivity index (χ2n) is 9.59. The van der Waals surface area contributed by atoms with Crippen molar-refractivity contribution in [3.63, 3.8) is 0 Å². The lowest BCUT2D eigenvalue weighted by molar-refractivity contribution is -0.141. The van der Waals surface area contributed by atoms with Crippen molar-refractivity contribution < 1.29 is 27.5 Å². The zero-order chi connectivity index (χ0) is 28.0. The Labute approximate surface area is 224 Å². The van der Waals surface area contributed by atoms with E-state index in [4.69, 9.17) is 21.1 Å². The predicted molar refractivity (Wildman–Crippen MR) is 146 cm³/mol. The molecule has 0 radical (unpaired) electrons. The van der Waals surface area contributed by atoms with Gasteiger partial charge in [-0.15, -0.1) is 0 Å². The van der Waals surface area contributed by atoms with Crippen LogP contribution < -0.4 is 19.1 Å². The summed E-state index contributed by atoms with van der Waals surface area (Å²) in [6.45, 7) is 6.83. The number of methoxy groups -OCH3 is 2. The molecule has 0 heterocycles. The van der Waals surface area contributed by atoms with Gasteiger partial charge >= 0.3 is 0 Å². The lowest BCUT2D eigenvalue weighted by Gasteiger charge is -2.34. The quantitative estimate of drug-likeness (QED) is 0.453. The number of halogens is 1. The fraction of sp³-hybridized carbons (Fsp3) is 0.462. The second-order valence-corrected chi connectivity index (χ2v) is 11.9. The van der Waals surface area contributed by atoms with Crippen LogP contribution in [0.15, 0.2) is 42.5 Å². The first-order valence-corrected chi connectivity index (χ1v) is 14.0. The summed E-state index contributed by atoms with van der Waals surface area (Å²) >= 11 is 6.37. The lowest BCUT2D eigenvalue weighted by Crippen LogP contribution is -2.55. The Morgan fingerprint density at radius 2 is 1.68 bits per heavy atom.